The van der Waals surface area contributed by atoms with Gasteiger partial charge in [-0.2, -0.15) is 10.5 Å². The van der Waals surface area contributed by atoms with Gasteiger partial charge < -0.3 is 8.97 Å². The Morgan fingerprint density at radius 2 is 1.14 bits per heavy atom. The van der Waals surface area contributed by atoms with Crippen LogP contribution in [-0.2, 0) is 0 Å². The second-order valence-corrected chi connectivity index (χ2v) is 4.77. The fourth-order valence-electron chi connectivity index (χ4n) is 1.85. The minimum absolute atomic E-state index is 0.590. The van der Waals surface area contributed by atoms with Crippen LogP contribution in [0.15, 0.2) is 0 Å². The number of rotatable bonds is 2. The smallest absolute Gasteiger partial charge is 0.166 e. The molecule has 0 amide bonds. The van der Waals surface area contributed by atoms with E-state index in [1.165, 1.54) is 0 Å². The van der Waals surface area contributed by atoms with E-state index in [1.807, 2.05) is 0 Å². The summed E-state index contributed by atoms with van der Waals surface area (Å²) in [4.78, 5) is 0. The van der Waals surface area contributed by atoms with Gasteiger partial charge in [-0.25, -0.2) is 0 Å². The molecule has 0 spiro atoms. The maximum atomic E-state index is 8.69. The highest BCUT2D eigenvalue weighted by Crippen LogP contribution is 2.14. The Balaban J connectivity index is 2.54. The molecule has 4 heteroatoms. The molecule has 1 fully saturated rings. The Hall–Kier alpha value is -1.10. The van der Waals surface area contributed by atoms with Crippen molar-refractivity contribution in [2.24, 2.45) is 0 Å². The van der Waals surface area contributed by atoms with Crippen molar-refractivity contribution >= 4 is 0 Å². The minimum Gasteiger partial charge on any atom is -0.305 e. The molecule has 1 rings (SSSR count). The molecular formula is C10H18N4+2. The highest BCUT2D eigenvalue weighted by molar-refractivity contribution is 4.72. The second kappa shape index (κ2) is 3.96. The van der Waals surface area contributed by atoms with Crippen molar-refractivity contribution < 1.29 is 8.97 Å². The van der Waals surface area contributed by atoms with Gasteiger partial charge >= 0.3 is 0 Å². The normalized spacial score (nSPS) is 37.1. The van der Waals surface area contributed by atoms with Gasteiger partial charge in [0, 0.05) is 0 Å². The molecule has 1 heterocycles. The van der Waals surface area contributed by atoms with Crippen LogP contribution in [-0.4, -0.2) is 62.3 Å². The maximum absolute atomic E-state index is 8.69. The molecule has 14 heavy (non-hydrogen) atoms. The first kappa shape index (κ1) is 11.0. The first-order valence-corrected chi connectivity index (χ1v) is 4.95. The zero-order valence-electron chi connectivity index (χ0n) is 9.03. The van der Waals surface area contributed by atoms with Crippen LogP contribution in [0.5, 0.6) is 0 Å². The van der Waals surface area contributed by atoms with E-state index in [1.54, 1.807) is 0 Å². The Kier molecular flexibility index (Phi) is 3.10. The second-order valence-electron chi connectivity index (χ2n) is 4.77. The van der Waals surface area contributed by atoms with Crippen LogP contribution in [0, 0.1) is 22.7 Å². The van der Waals surface area contributed by atoms with Crippen LogP contribution in [0.3, 0.4) is 0 Å². The molecule has 0 aliphatic carbocycles. The quantitative estimate of drug-likeness (QED) is 0.457. The summed E-state index contributed by atoms with van der Waals surface area (Å²) >= 11 is 0. The molecule has 0 bridgehead atoms. The lowest BCUT2D eigenvalue weighted by molar-refractivity contribution is -1.01. The van der Waals surface area contributed by atoms with Gasteiger partial charge in [-0.3, -0.25) is 0 Å². The lowest BCUT2D eigenvalue weighted by Crippen LogP contribution is -2.64. The third-order valence-corrected chi connectivity index (χ3v) is 3.26. The van der Waals surface area contributed by atoms with Crippen LogP contribution in [0.25, 0.3) is 0 Å². The summed E-state index contributed by atoms with van der Waals surface area (Å²) in [5.74, 6) is 0. The molecule has 4 nitrogen and oxygen atoms in total. The zero-order chi connectivity index (χ0) is 10.7. The third-order valence-electron chi connectivity index (χ3n) is 3.26. The topological polar surface area (TPSA) is 47.6 Å². The number of likely N-dealkylation sites (N-methyl/N-ethyl adjacent to an activating group) is 2. The Morgan fingerprint density at radius 3 is 1.36 bits per heavy atom. The number of hydrogen-bond donors (Lipinski definition) is 0. The van der Waals surface area contributed by atoms with E-state index in [2.05, 4.69) is 26.2 Å². The number of piperazine rings is 1. The van der Waals surface area contributed by atoms with Gasteiger partial charge in [0.15, 0.2) is 13.1 Å². The van der Waals surface area contributed by atoms with E-state index in [0.717, 1.165) is 35.1 Å². The van der Waals surface area contributed by atoms with Gasteiger partial charge in [-0.15, -0.1) is 0 Å². The summed E-state index contributed by atoms with van der Waals surface area (Å²) in [7, 11) is 4.25. The van der Waals surface area contributed by atoms with Crippen LogP contribution >= 0.6 is 0 Å². The number of hydrogen-bond acceptors (Lipinski definition) is 2. The molecule has 1 aliphatic heterocycles. The Morgan fingerprint density at radius 1 is 0.857 bits per heavy atom. The van der Waals surface area contributed by atoms with Crippen molar-refractivity contribution in [1.29, 1.82) is 10.5 Å². The minimum atomic E-state index is 0.590. The molecule has 1 saturated heterocycles. The molecule has 76 valence electrons. The summed E-state index contributed by atoms with van der Waals surface area (Å²) < 4.78 is 1.69. The molecule has 0 aromatic rings. The summed E-state index contributed by atoms with van der Waals surface area (Å²) in [6.45, 7) is 5.20. The lowest BCUT2D eigenvalue weighted by atomic mass is 10.2. The predicted molar refractivity (Wildman–Crippen MR) is 52.8 cm³/mol. The monoisotopic (exact) mass is 194 g/mol. The lowest BCUT2D eigenvalue weighted by Gasteiger charge is -2.44. The highest BCUT2D eigenvalue weighted by atomic mass is 15.4. The van der Waals surface area contributed by atoms with Crippen LogP contribution in [0.4, 0.5) is 0 Å². The predicted octanol–water partition coefficient (Wildman–Crippen LogP) is -0.0596. The fourth-order valence-corrected chi connectivity index (χ4v) is 1.85. The van der Waals surface area contributed by atoms with E-state index < -0.39 is 0 Å². The van der Waals surface area contributed by atoms with Crippen molar-refractivity contribution in [2.45, 2.75) is 0 Å². The van der Waals surface area contributed by atoms with Crippen molar-refractivity contribution in [3.63, 3.8) is 0 Å². The molecule has 0 radical (unpaired) electrons. The van der Waals surface area contributed by atoms with Crippen molar-refractivity contribution in [1.82, 2.24) is 0 Å². The van der Waals surface area contributed by atoms with Crippen molar-refractivity contribution in [2.75, 3.05) is 53.4 Å². The average Bonchev–Trinajstić information content (AvgIpc) is 2.13. The number of nitrogens with zero attached hydrogens (tertiary/aromatic N) is 4. The molecule has 0 atom stereocenters. The maximum Gasteiger partial charge on any atom is 0.166 e. The average molecular weight is 194 g/mol. The van der Waals surface area contributed by atoms with Gasteiger partial charge in [-0.1, -0.05) is 0 Å². The molecule has 0 unspecified atom stereocenters. The van der Waals surface area contributed by atoms with Gasteiger partial charge in [0.05, 0.1) is 14.1 Å². The summed E-state index contributed by atoms with van der Waals surface area (Å²) in [6, 6.07) is 4.48. The van der Waals surface area contributed by atoms with Gasteiger partial charge in [-0.05, 0) is 0 Å². The summed E-state index contributed by atoms with van der Waals surface area (Å²) in [6.07, 6.45) is 0. The molecule has 0 saturated carbocycles. The number of nitriles is 2. The van der Waals surface area contributed by atoms with Gasteiger partial charge in [0.25, 0.3) is 0 Å². The summed E-state index contributed by atoms with van der Waals surface area (Å²) in [5.41, 5.74) is 0. The van der Waals surface area contributed by atoms with Gasteiger partial charge in [0.2, 0.25) is 0 Å². The first-order chi connectivity index (χ1) is 6.54. The van der Waals surface area contributed by atoms with Crippen LogP contribution < -0.4 is 0 Å². The highest BCUT2D eigenvalue weighted by Gasteiger charge is 2.36. The summed E-state index contributed by atoms with van der Waals surface area (Å²) in [5, 5.41) is 17.4. The largest absolute Gasteiger partial charge is 0.305 e. The van der Waals surface area contributed by atoms with Gasteiger partial charge in [0.1, 0.15) is 38.3 Å². The van der Waals surface area contributed by atoms with E-state index >= 15 is 0 Å². The van der Waals surface area contributed by atoms with E-state index in [-0.39, 0.29) is 0 Å². The van der Waals surface area contributed by atoms with Crippen LogP contribution in [0.2, 0.25) is 0 Å². The SMILES string of the molecule is C[N+]1(CC#N)CC[N+](C)(CC#N)CC1. The molecule has 1 aliphatic rings. The Bertz CT molecular complexity index is 245. The molecule has 0 aromatic heterocycles. The van der Waals surface area contributed by atoms with Crippen LogP contribution in [0.1, 0.15) is 0 Å². The third kappa shape index (κ3) is 2.45. The van der Waals surface area contributed by atoms with Crippen molar-refractivity contribution in [3.8, 4) is 12.1 Å². The molecular weight excluding hydrogens is 176 g/mol. The molecule has 0 N–H and O–H groups in total. The van der Waals surface area contributed by atoms with Crippen molar-refractivity contribution in [3.05, 3.63) is 0 Å². The Labute approximate surface area is 85.7 Å². The zero-order valence-corrected chi connectivity index (χ0v) is 9.03. The van der Waals surface area contributed by atoms with E-state index in [4.69, 9.17) is 10.5 Å². The van der Waals surface area contributed by atoms with E-state index in [0.29, 0.717) is 13.1 Å². The first-order valence-electron chi connectivity index (χ1n) is 4.95. The fraction of sp³-hybridized carbons (Fsp3) is 0.800. The molecule has 0 aromatic carbocycles. The van der Waals surface area contributed by atoms with E-state index in [9.17, 15) is 0 Å². The standard InChI is InChI=1S/C10H18N4/c1-13(5-3-11)7-9-14(2,6-4-12)10-8-13/h5-10H2,1-2H3/q+2. The number of quaternary nitrogens is 2.